The number of nitrogens with zero attached hydrogens (tertiary/aromatic N) is 1. The number of rotatable bonds is 2. The lowest BCUT2D eigenvalue weighted by atomic mass is 9.88. The summed E-state index contributed by atoms with van der Waals surface area (Å²) >= 11 is 0. The van der Waals surface area contributed by atoms with E-state index in [-0.39, 0.29) is 24.2 Å². The fraction of sp³-hybridized carbons (Fsp3) is 0.500. The molecule has 1 unspecified atom stereocenters. The summed E-state index contributed by atoms with van der Waals surface area (Å²) < 4.78 is 26.5. The third-order valence-corrected chi connectivity index (χ3v) is 4.19. The predicted octanol–water partition coefficient (Wildman–Crippen LogP) is 2.13. The number of hydrogen-bond donors (Lipinski definition) is 1. The first-order chi connectivity index (χ1) is 9.08. The van der Waals surface area contributed by atoms with Crippen LogP contribution in [0.15, 0.2) is 12.1 Å². The molecule has 2 aliphatic heterocycles. The molecule has 1 atom stereocenters. The molecule has 0 aromatic heterocycles. The average molecular weight is 303 g/mol. The molecule has 0 aliphatic carbocycles. The first kappa shape index (κ1) is 15.2. The van der Waals surface area contributed by atoms with Gasteiger partial charge in [0.1, 0.15) is 0 Å². The van der Waals surface area contributed by atoms with Crippen LogP contribution in [-0.4, -0.2) is 25.5 Å². The van der Waals surface area contributed by atoms with Crippen LogP contribution >= 0.6 is 12.4 Å². The molecule has 110 valence electrons. The summed E-state index contributed by atoms with van der Waals surface area (Å²) in [6.45, 7) is 4.13. The molecule has 0 bridgehead atoms. The van der Waals surface area contributed by atoms with Crippen molar-refractivity contribution in [1.82, 2.24) is 5.32 Å². The minimum absolute atomic E-state index is 0. The Morgan fingerprint density at radius 3 is 2.60 bits per heavy atom. The molecular weight excluding hydrogens is 286 g/mol. The molecule has 20 heavy (non-hydrogen) atoms. The first-order valence-corrected chi connectivity index (χ1v) is 6.58. The number of carbonyl (C=O) groups excluding carboxylic acids is 1. The van der Waals surface area contributed by atoms with Gasteiger partial charge in [-0.05, 0) is 37.1 Å². The van der Waals surface area contributed by atoms with Crippen LogP contribution in [-0.2, 0) is 11.2 Å². The number of amides is 1. The second-order valence-electron chi connectivity index (χ2n) is 5.34. The third kappa shape index (κ3) is 2.40. The molecular formula is C14H17ClF2N2O. The molecule has 0 saturated carbocycles. The van der Waals surface area contributed by atoms with Crippen LogP contribution in [0, 0.1) is 23.5 Å². The van der Waals surface area contributed by atoms with Crippen molar-refractivity contribution in [2.45, 2.75) is 13.3 Å². The van der Waals surface area contributed by atoms with Crippen molar-refractivity contribution in [2.24, 2.45) is 11.8 Å². The molecule has 6 heteroatoms. The summed E-state index contributed by atoms with van der Waals surface area (Å²) in [5, 5.41) is 3.14. The van der Waals surface area contributed by atoms with Crippen LogP contribution in [0.5, 0.6) is 0 Å². The maximum Gasteiger partial charge on any atom is 0.230 e. The van der Waals surface area contributed by atoms with Gasteiger partial charge >= 0.3 is 0 Å². The topological polar surface area (TPSA) is 32.3 Å². The normalized spacial score (nSPS) is 19.1. The molecule has 3 rings (SSSR count). The summed E-state index contributed by atoms with van der Waals surface area (Å²) in [7, 11) is 0. The highest BCUT2D eigenvalue weighted by Gasteiger charge is 2.35. The van der Waals surface area contributed by atoms with E-state index in [2.05, 4.69) is 5.32 Å². The van der Waals surface area contributed by atoms with Crippen LogP contribution in [0.4, 0.5) is 14.5 Å². The molecule has 0 spiro atoms. The summed E-state index contributed by atoms with van der Waals surface area (Å²) in [6, 6.07) is 2.34. The fourth-order valence-corrected chi connectivity index (χ4v) is 2.72. The molecule has 3 nitrogen and oxygen atoms in total. The Kier molecular flexibility index (Phi) is 4.30. The van der Waals surface area contributed by atoms with Gasteiger partial charge in [0.15, 0.2) is 11.6 Å². The van der Waals surface area contributed by atoms with Gasteiger partial charge in [0, 0.05) is 18.5 Å². The van der Waals surface area contributed by atoms with Gasteiger partial charge < -0.3 is 10.2 Å². The largest absolute Gasteiger partial charge is 0.316 e. The molecule has 1 fully saturated rings. The number of nitrogens with one attached hydrogen (secondary N) is 1. The van der Waals surface area contributed by atoms with Crippen molar-refractivity contribution < 1.29 is 13.6 Å². The van der Waals surface area contributed by atoms with Crippen molar-refractivity contribution in [2.75, 3.05) is 24.5 Å². The van der Waals surface area contributed by atoms with Crippen molar-refractivity contribution in [3.8, 4) is 0 Å². The number of anilines is 1. The maximum atomic E-state index is 13.3. The van der Waals surface area contributed by atoms with E-state index in [0.29, 0.717) is 30.1 Å². The van der Waals surface area contributed by atoms with Gasteiger partial charge in [0.25, 0.3) is 0 Å². The van der Waals surface area contributed by atoms with Gasteiger partial charge in [0.2, 0.25) is 5.91 Å². The Balaban J connectivity index is 0.00000147. The SMILES string of the molecule is CC(C(=O)N1CCc2cc(F)c(F)cc21)C1CNC1.Cl. The second-order valence-corrected chi connectivity index (χ2v) is 5.34. The van der Waals surface area contributed by atoms with E-state index < -0.39 is 11.6 Å². The number of halogens is 3. The Hall–Kier alpha value is -1.20. The van der Waals surface area contributed by atoms with E-state index in [0.717, 1.165) is 19.2 Å². The smallest absolute Gasteiger partial charge is 0.230 e. The highest BCUT2D eigenvalue weighted by atomic mass is 35.5. The fourth-order valence-electron chi connectivity index (χ4n) is 2.72. The second kappa shape index (κ2) is 5.66. The Morgan fingerprint density at radius 1 is 1.35 bits per heavy atom. The minimum atomic E-state index is -0.892. The maximum absolute atomic E-state index is 13.3. The number of carbonyl (C=O) groups is 1. The lowest BCUT2D eigenvalue weighted by molar-refractivity contribution is -0.123. The summed E-state index contributed by atoms with van der Waals surface area (Å²) in [4.78, 5) is 14.0. The molecule has 1 aromatic carbocycles. The number of benzene rings is 1. The zero-order valence-corrected chi connectivity index (χ0v) is 12.0. The van der Waals surface area contributed by atoms with E-state index in [9.17, 15) is 13.6 Å². The van der Waals surface area contributed by atoms with Crippen molar-refractivity contribution in [3.63, 3.8) is 0 Å². The number of fused-ring (bicyclic) bond motifs is 1. The lowest BCUT2D eigenvalue weighted by Crippen LogP contribution is -2.50. The van der Waals surface area contributed by atoms with Crippen molar-refractivity contribution in [1.29, 1.82) is 0 Å². The minimum Gasteiger partial charge on any atom is -0.316 e. The first-order valence-electron chi connectivity index (χ1n) is 6.58. The molecule has 0 radical (unpaired) electrons. The molecule has 1 N–H and O–H groups in total. The molecule has 1 aromatic rings. The summed E-state index contributed by atoms with van der Waals surface area (Å²) in [5.41, 5.74) is 1.24. The van der Waals surface area contributed by atoms with Crippen LogP contribution in [0.2, 0.25) is 0 Å². The van der Waals surface area contributed by atoms with Crippen molar-refractivity contribution in [3.05, 3.63) is 29.3 Å². The molecule has 1 saturated heterocycles. The van der Waals surface area contributed by atoms with Crippen LogP contribution in [0.1, 0.15) is 12.5 Å². The van der Waals surface area contributed by atoms with Crippen LogP contribution in [0.25, 0.3) is 0 Å². The van der Waals surface area contributed by atoms with Crippen molar-refractivity contribution >= 4 is 24.0 Å². The summed E-state index contributed by atoms with van der Waals surface area (Å²) in [6.07, 6.45) is 0.591. The zero-order valence-electron chi connectivity index (χ0n) is 11.2. The quantitative estimate of drug-likeness (QED) is 0.908. The monoisotopic (exact) mass is 302 g/mol. The van der Waals surface area contributed by atoms with E-state index in [1.807, 2.05) is 6.92 Å². The van der Waals surface area contributed by atoms with E-state index in [4.69, 9.17) is 0 Å². The highest BCUT2D eigenvalue weighted by Crippen LogP contribution is 2.32. The Bertz CT molecular complexity index is 534. The predicted molar refractivity (Wildman–Crippen MR) is 75.2 cm³/mol. The molecule has 2 aliphatic rings. The highest BCUT2D eigenvalue weighted by molar-refractivity contribution is 5.97. The molecule has 2 heterocycles. The van der Waals surface area contributed by atoms with E-state index >= 15 is 0 Å². The van der Waals surface area contributed by atoms with E-state index in [1.54, 1.807) is 4.90 Å². The summed E-state index contributed by atoms with van der Waals surface area (Å²) in [5.74, 6) is -1.46. The van der Waals surface area contributed by atoms with Crippen LogP contribution < -0.4 is 10.2 Å². The van der Waals surface area contributed by atoms with Crippen LogP contribution in [0.3, 0.4) is 0 Å². The van der Waals surface area contributed by atoms with Gasteiger partial charge in [-0.15, -0.1) is 12.4 Å². The van der Waals surface area contributed by atoms with Gasteiger partial charge in [-0.25, -0.2) is 8.78 Å². The Labute approximate surface area is 122 Å². The lowest BCUT2D eigenvalue weighted by Gasteiger charge is -2.34. The Morgan fingerprint density at radius 2 is 2.00 bits per heavy atom. The number of hydrogen-bond acceptors (Lipinski definition) is 2. The van der Waals surface area contributed by atoms with Gasteiger partial charge in [-0.3, -0.25) is 4.79 Å². The molecule has 1 amide bonds. The van der Waals surface area contributed by atoms with Gasteiger partial charge in [0.05, 0.1) is 5.69 Å². The van der Waals surface area contributed by atoms with Gasteiger partial charge in [-0.1, -0.05) is 6.92 Å². The average Bonchev–Trinajstić information content (AvgIpc) is 2.69. The zero-order chi connectivity index (χ0) is 13.6. The third-order valence-electron chi connectivity index (χ3n) is 4.19. The van der Waals surface area contributed by atoms with E-state index in [1.165, 1.54) is 6.07 Å². The standard InChI is InChI=1S/C14H16F2N2O.ClH/c1-8(10-6-17-7-10)14(19)18-3-2-9-4-11(15)12(16)5-13(9)18;/h4-5,8,10,17H,2-3,6-7H2,1H3;1H. The van der Waals surface area contributed by atoms with Gasteiger partial charge in [-0.2, -0.15) is 0 Å².